The van der Waals surface area contributed by atoms with Crippen molar-refractivity contribution in [3.63, 3.8) is 0 Å². The van der Waals surface area contributed by atoms with Crippen molar-refractivity contribution >= 4 is 11.9 Å². The number of likely N-dealkylation sites (tertiary alicyclic amines) is 1. The Morgan fingerprint density at radius 1 is 1.75 bits per heavy atom. The number of carbonyl (C=O) groups is 2. The predicted molar refractivity (Wildman–Crippen MR) is 60.7 cm³/mol. The number of carbonyl (C=O) groups excluding carboxylic acids is 2. The van der Waals surface area contributed by atoms with Gasteiger partial charge in [0.15, 0.2) is 6.04 Å². The highest BCUT2D eigenvalue weighted by atomic mass is 16.5. The van der Waals surface area contributed by atoms with E-state index in [1.807, 2.05) is 0 Å². The van der Waals surface area contributed by atoms with Crippen LogP contribution in [0.3, 0.4) is 0 Å². The van der Waals surface area contributed by atoms with Crippen molar-refractivity contribution in [3.05, 3.63) is 24.8 Å². The summed E-state index contributed by atoms with van der Waals surface area (Å²) in [7, 11) is 1.31. The van der Waals surface area contributed by atoms with Gasteiger partial charge in [-0.2, -0.15) is 0 Å². The summed E-state index contributed by atoms with van der Waals surface area (Å²) >= 11 is 0. The molecule has 16 heavy (non-hydrogen) atoms. The van der Waals surface area contributed by atoms with E-state index in [0.717, 1.165) is 0 Å². The standard InChI is InChI=1S/C12H17NO3/c1-5-6-9-7-10(14)13(9)11(8(2)3)12(15)16-4/h5,9,11H,1-2,6-7H2,3-4H3/t9-,11?/m1/s1. The second kappa shape index (κ2) is 4.96. The van der Waals surface area contributed by atoms with Gasteiger partial charge in [-0.15, -0.1) is 6.58 Å². The minimum atomic E-state index is -0.656. The van der Waals surface area contributed by atoms with Crippen molar-refractivity contribution in [2.75, 3.05) is 7.11 Å². The lowest BCUT2D eigenvalue weighted by atomic mass is 9.93. The second-order valence-electron chi connectivity index (χ2n) is 3.96. The molecule has 4 heteroatoms. The monoisotopic (exact) mass is 223 g/mol. The second-order valence-corrected chi connectivity index (χ2v) is 3.96. The summed E-state index contributed by atoms with van der Waals surface area (Å²) in [6, 6.07) is -0.609. The number of nitrogens with zero attached hydrogens (tertiary/aromatic N) is 1. The van der Waals surface area contributed by atoms with E-state index in [2.05, 4.69) is 17.9 Å². The Bertz CT molecular complexity index is 333. The Hall–Kier alpha value is -1.58. The van der Waals surface area contributed by atoms with E-state index in [1.165, 1.54) is 12.0 Å². The van der Waals surface area contributed by atoms with Gasteiger partial charge in [-0.1, -0.05) is 12.7 Å². The van der Waals surface area contributed by atoms with Gasteiger partial charge in [-0.3, -0.25) is 4.79 Å². The Morgan fingerprint density at radius 2 is 2.38 bits per heavy atom. The summed E-state index contributed by atoms with van der Waals surface area (Å²) in [6.07, 6.45) is 2.90. The van der Waals surface area contributed by atoms with Gasteiger partial charge in [0.1, 0.15) is 0 Å². The molecule has 88 valence electrons. The molecule has 0 radical (unpaired) electrons. The molecule has 0 N–H and O–H groups in total. The molecule has 0 saturated carbocycles. The molecule has 0 aromatic rings. The number of amides is 1. The van der Waals surface area contributed by atoms with Gasteiger partial charge in [0.25, 0.3) is 0 Å². The van der Waals surface area contributed by atoms with E-state index in [-0.39, 0.29) is 11.9 Å². The molecule has 0 spiro atoms. The van der Waals surface area contributed by atoms with Crippen LogP contribution in [0.5, 0.6) is 0 Å². The zero-order chi connectivity index (χ0) is 12.3. The molecule has 1 amide bonds. The van der Waals surface area contributed by atoms with Crippen molar-refractivity contribution in [1.82, 2.24) is 4.90 Å². The van der Waals surface area contributed by atoms with Crippen LogP contribution in [-0.2, 0) is 14.3 Å². The number of ether oxygens (including phenoxy) is 1. The van der Waals surface area contributed by atoms with Crippen LogP contribution in [-0.4, -0.2) is 36.0 Å². The normalized spacial score (nSPS) is 21.0. The summed E-state index contributed by atoms with van der Waals surface area (Å²) in [4.78, 5) is 24.6. The lowest BCUT2D eigenvalue weighted by Gasteiger charge is -2.44. The fourth-order valence-corrected chi connectivity index (χ4v) is 1.90. The first-order valence-electron chi connectivity index (χ1n) is 5.18. The lowest BCUT2D eigenvalue weighted by Crippen LogP contribution is -2.60. The van der Waals surface area contributed by atoms with Crippen LogP contribution in [0.25, 0.3) is 0 Å². The van der Waals surface area contributed by atoms with Crippen molar-refractivity contribution in [2.24, 2.45) is 0 Å². The average molecular weight is 223 g/mol. The highest BCUT2D eigenvalue weighted by Crippen LogP contribution is 2.28. The largest absolute Gasteiger partial charge is 0.467 e. The van der Waals surface area contributed by atoms with Crippen LogP contribution < -0.4 is 0 Å². The van der Waals surface area contributed by atoms with Gasteiger partial charge in [0, 0.05) is 12.5 Å². The number of β-lactam (4-membered cyclic amide) rings is 1. The zero-order valence-corrected chi connectivity index (χ0v) is 9.73. The Kier molecular flexibility index (Phi) is 3.88. The fraction of sp³-hybridized carbons (Fsp3) is 0.500. The molecule has 1 aliphatic rings. The maximum absolute atomic E-state index is 11.6. The summed E-state index contributed by atoms with van der Waals surface area (Å²) < 4.78 is 4.69. The average Bonchev–Trinajstić information content (AvgIpc) is 2.23. The predicted octanol–water partition coefficient (Wildman–Crippen LogP) is 1.28. The first-order valence-corrected chi connectivity index (χ1v) is 5.18. The van der Waals surface area contributed by atoms with Crippen LogP contribution in [0.2, 0.25) is 0 Å². The molecule has 0 aromatic carbocycles. The van der Waals surface area contributed by atoms with Crippen LogP contribution in [0, 0.1) is 0 Å². The Labute approximate surface area is 95.6 Å². The maximum Gasteiger partial charge on any atom is 0.332 e. The maximum atomic E-state index is 11.6. The van der Waals surface area contributed by atoms with Gasteiger partial charge in [-0.25, -0.2) is 4.79 Å². The van der Waals surface area contributed by atoms with Gasteiger partial charge >= 0.3 is 5.97 Å². The quantitative estimate of drug-likeness (QED) is 0.401. The smallest absolute Gasteiger partial charge is 0.332 e. The molecular formula is C12H17NO3. The first-order chi connectivity index (χ1) is 7.52. The van der Waals surface area contributed by atoms with E-state index < -0.39 is 12.0 Å². The minimum Gasteiger partial charge on any atom is -0.467 e. The van der Waals surface area contributed by atoms with E-state index in [1.54, 1.807) is 13.0 Å². The molecule has 0 bridgehead atoms. The Balaban J connectivity index is 2.84. The number of esters is 1. The van der Waals surface area contributed by atoms with Crippen molar-refractivity contribution < 1.29 is 14.3 Å². The van der Waals surface area contributed by atoms with E-state index in [0.29, 0.717) is 18.4 Å². The molecule has 1 saturated heterocycles. The van der Waals surface area contributed by atoms with Crippen molar-refractivity contribution in [3.8, 4) is 0 Å². The Morgan fingerprint density at radius 3 is 2.75 bits per heavy atom. The molecule has 1 unspecified atom stereocenters. The van der Waals surface area contributed by atoms with Gasteiger partial charge in [0.2, 0.25) is 5.91 Å². The number of rotatable bonds is 5. The highest BCUT2D eigenvalue weighted by Gasteiger charge is 2.43. The third kappa shape index (κ3) is 2.15. The summed E-state index contributed by atoms with van der Waals surface area (Å²) in [5, 5.41) is 0. The topological polar surface area (TPSA) is 46.6 Å². The summed E-state index contributed by atoms with van der Waals surface area (Å²) in [6.45, 7) is 9.09. The molecule has 2 atom stereocenters. The van der Waals surface area contributed by atoms with Crippen LogP contribution in [0.15, 0.2) is 24.8 Å². The van der Waals surface area contributed by atoms with E-state index in [4.69, 9.17) is 0 Å². The van der Waals surface area contributed by atoms with Gasteiger partial charge < -0.3 is 9.64 Å². The van der Waals surface area contributed by atoms with Crippen molar-refractivity contribution in [1.29, 1.82) is 0 Å². The molecule has 1 fully saturated rings. The fourth-order valence-electron chi connectivity index (χ4n) is 1.90. The zero-order valence-electron chi connectivity index (χ0n) is 9.73. The van der Waals surface area contributed by atoms with Crippen LogP contribution >= 0.6 is 0 Å². The third-order valence-electron chi connectivity index (χ3n) is 2.70. The van der Waals surface area contributed by atoms with Crippen LogP contribution in [0.1, 0.15) is 19.8 Å². The summed E-state index contributed by atoms with van der Waals surface area (Å²) in [5.41, 5.74) is 0.619. The molecule has 1 rings (SSSR count). The highest BCUT2D eigenvalue weighted by molar-refractivity contribution is 5.91. The molecule has 1 heterocycles. The summed E-state index contributed by atoms with van der Waals surface area (Å²) in [5.74, 6) is -0.472. The number of hydrogen-bond acceptors (Lipinski definition) is 3. The molecule has 0 aromatic heterocycles. The molecule has 1 aliphatic heterocycles. The van der Waals surface area contributed by atoms with Gasteiger partial charge in [-0.05, 0) is 18.9 Å². The third-order valence-corrected chi connectivity index (χ3v) is 2.70. The number of methoxy groups -OCH3 is 1. The SMILES string of the molecule is C=CC[C@@H]1CC(=O)N1C(C(=C)C)C(=O)OC. The molecule has 0 aliphatic carbocycles. The van der Waals surface area contributed by atoms with E-state index >= 15 is 0 Å². The minimum absolute atomic E-state index is 0.0368. The molecule has 4 nitrogen and oxygen atoms in total. The first kappa shape index (κ1) is 12.5. The van der Waals surface area contributed by atoms with Gasteiger partial charge in [0.05, 0.1) is 7.11 Å². The van der Waals surface area contributed by atoms with Crippen molar-refractivity contribution in [2.45, 2.75) is 31.8 Å². The van der Waals surface area contributed by atoms with E-state index in [9.17, 15) is 9.59 Å². The lowest BCUT2D eigenvalue weighted by molar-refractivity contribution is -0.161. The number of hydrogen-bond donors (Lipinski definition) is 0. The molecular weight excluding hydrogens is 206 g/mol. The van der Waals surface area contributed by atoms with Crippen LogP contribution in [0.4, 0.5) is 0 Å².